The second kappa shape index (κ2) is 6.23. The van der Waals surface area contributed by atoms with Crippen molar-refractivity contribution in [1.29, 1.82) is 0 Å². The fourth-order valence-electron chi connectivity index (χ4n) is 1.96. The van der Waals surface area contributed by atoms with Crippen molar-refractivity contribution in [1.82, 2.24) is 9.78 Å². The number of rotatable bonds is 5. The highest BCUT2D eigenvalue weighted by Gasteiger charge is 2.07. The highest BCUT2D eigenvalue weighted by atomic mass is 16.5. The Bertz CT molecular complexity index is 588. The zero-order chi connectivity index (χ0) is 14.5. The lowest BCUT2D eigenvalue weighted by Crippen LogP contribution is -2.08. The van der Waals surface area contributed by atoms with Gasteiger partial charge in [-0.15, -0.1) is 0 Å². The molecular formula is C15H19N3O2. The zero-order valence-electron chi connectivity index (χ0n) is 11.8. The van der Waals surface area contributed by atoms with E-state index in [0.717, 1.165) is 22.6 Å². The van der Waals surface area contributed by atoms with Gasteiger partial charge in [0.15, 0.2) is 0 Å². The molecule has 0 radical (unpaired) electrons. The number of anilines is 1. The summed E-state index contributed by atoms with van der Waals surface area (Å²) >= 11 is 0. The fraction of sp³-hybridized carbons (Fsp3) is 0.333. The number of hydrogen-bond acceptors (Lipinski definition) is 4. The van der Waals surface area contributed by atoms with Crippen molar-refractivity contribution in [3.8, 4) is 0 Å². The Kier molecular flexibility index (Phi) is 4.40. The molecule has 0 atom stereocenters. The van der Waals surface area contributed by atoms with Gasteiger partial charge in [-0.1, -0.05) is 12.1 Å². The summed E-state index contributed by atoms with van der Waals surface area (Å²) in [6.45, 7) is 2.17. The highest BCUT2D eigenvalue weighted by molar-refractivity contribution is 5.69. The van der Waals surface area contributed by atoms with Gasteiger partial charge in [-0.25, -0.2) is 0 Å². The van der Waals surface area contributed by atoms with Gasteiger partial charge in [-0.3, -0.25) is 9.48 Å². The zero-order valence-corrected chi connectivity index (χ0v) is 11.8. The van der Waals surface area contributed by atoms with Gasteiger partial charge in [0.1, 0.15) is 6.61 Å². The van der Waals surface area contributed by atoms with Crippen LogP contribution in [0.2, 0.25) is 0 Å². The summed E-state index contributed by atoms with van der Waals surface area (Å²) in [6, 6.07) is 9.42. The first-order chi connectivity index (χ1) is 9.54. The molecule has 0 bridgehead atoms. The van der Waals surface area contributed by atoms with Crippen molar-refractivity contribution in [3.63, 3.8) is 0 Å². The van der Waals surface area contributed by atoms with E-state index >= 15 is 0 Å². The summed E-state index contributed by atoms with van der Waals surface area (Å²) in [6.07, 6.45) is 1.02. The SMILES string of the molecule is Cc1cc(COC(=O)CCc2ccc(N)cc2)n(C)n1. The minimum absolute atomic E-state index is 0.208. The van der Waals surface area contributed by atoms with Crippen molar-refractivity contribution in [3.05, 3.63) is 47.3 Å². The number of hydrogen-bond donors (Lipinski definition) is 1. The van der Waals surface area contributed by atoms with E-state index < -0.39 is 0 Å². The molecule has 0 aliphatic carbocycles. The van der Waals surface area contributed by atoms with Crippen molar-refractivity contribution >= 4 is 11.7 Å². The maximum Gasteiger partial charge on any atom is 0.306 e. The highest BCUT2D eigenvalue weighted by Crippen LogP contribution is 2.09. The van der Waals surface area contributed by atoms with E-state index in [-0.39, 0.29) is 12.6 Å². The number of carbonyl (C=O) groups is 1. The van der Waals surface area contributed by atoms with Gasteiger partial charge in [-0.2, -0.15) is 5.10 Å². The molecule has 0 saturated carbocycles. The van der Waals surface area contributed by atoms with Crippen molar-refractivity contribution in [2.24, 2.45) is 7.05 Å². The molecule has 1 aromatic heterocycles. The quantitative estimate of drug-likeness (QED) is 0.668. The van der Waals surface area contributed by atoms with Crippen molar-refractivity contribution < 1.29 is 9.53 Å². The first-order valence-corrected chi connectivity index (χ1v) is 6.54. The van der Waals surface area contributed by atoms with E-state index in [1.165, 1.54) is 0 Å². The predicted octanol–water partition coefficient (Wildman–Crippen LogP) is 1.99. The Morgan fingerprint density at radius 3 is 2.65 bits per heavy atom. The number of nitrogen functional groups attached to an aromatic ring is 1. The molecule has 106 valence electrons. The monoisotopic (exact) mass is 273 g/mol. The third-order valence-corrected chi connectivity index (χ3v) is 3.08. The molecule has 2 N–H and O–H groups in total. The van der Waals surface area contributed by atoms with E-state index in [0.29, 0.717) is 12.8 Å². The summed E-state index contributed by atoms with van der Waals surface area (Å²) in [5, 5.41) is 4.20. The molecule has 5 nitrogen and oxygen atoms in total. The fourth-order valence-corrected chi connectivity index (χ4v) is 1.96. The summed E-state index contributed by atoms with van der Waals surface area (Å²) in [5.74, 6) is -0.208. The molecular weight excluding hydrogens is 254 g/mol. The van der Waals surface area contributed by atoms with Crippen molar-refractivity contribution in [2.45, 2.75) is 26.4 Å². The minimum atomic E-state index is -0.208. The molecule has 0 aliphatic heterocycles. The maximum absolute atomic E-state index is 11.7. The topological polar surface area (TPSA) is 70.1 Å². The number of benzene rings is 1. The number of aromatic nitrogens is 2. The summed E-state index contributed by atoms with van der Waals surface area (Å²) in [4.78, 5) is 11.7. The van der Waals surface area contributed by atoms with Crippen LogP contribution in [0.5, 0.6) is 0 Å². The van der Waals surface area contributed by atoms with Crippen LogP contribution in [-0.2, 0) is 29.6 Å². The molecule has 0 unspecified atom stereocenters. The van der Waals surface area contributed by atoms with Crippen LogP contribution in [0.15, 0.2) is 30.3 Å². The van der Waals surface area contributed by atoms with Gasteiger partial charge >= 0.3 is 5.97 Å². The van der Waals surface area contributed by atoms with Crippen LogP contribution in [0.3, 0.4) is 0 Å². The van der Waals surface area contributed by atoms with Crippen LogP contribution >= 0.6 is 0 Å². The first kappa shape index (κ1) is 14.1. The Morgan fingerprint density at radius 2 is 2.05 bits per heavy atom. The number of aryl methyl sites for hydroxylation is 3. The van der Waals surface area contributed by atoms with Crippen LogP contribution in [-0.4, -0.2) is 15.7 Å². The molecule has 0 saturated heterocycles. The number of nitrogens with two attached hydrogens (primary N) is 1. The maximum atomic E-state index is 11.7. The normalized spacial score (nSPS) is 10.5. The Balaban J connectivity index is 1.78. The van der Waals surface area contributed by atoms with Crippen LogP contribution in [0.25, 0.3) is 0 Å². The number of esters is 1. The molecule has 1 heterocycles. The molecule has 0 amide bonds. The average molecular weight is 273 g/mol. The smallest absolute Gasteiger partial charge is 0.306 e. The second-order valence-electron chi connectivity index (χ2n) is 4.80. The molecule has 0 spiro atoms. The van der Waals surface area contributed by atoms with E-state index in [2.05, 4.69) is 5.10 Å². The van der Waals surface area contributed by atoms with E-state index in [9.17, 15) is 4.79 Å². The molecule has 2 aromatic rings. The van der Waals surface area contributed by atoms with Gasteiger partial charge in [-0.05, 0) is 37.1 Å². The van der Waals surface area contributed by atoms with E-state index in [1.807, 2.05) is 44.3 Å². The van der Waals surface area contributed by atoms with Gasteiger partial charge in [0.25, 0.3) is 0 Å². The van der Waals surface area contributed by atoms with E-state index in [1.54, 1.807) is 4.68 Å². The Hall–Kier alpha value is -2.30. The third-order valence-electron chi connectivity index (χ3n) is 3.08. The Morgan fingerprint density at radius 1 is 1.35 bits per heavy atom. The van der Waals surface area contributed by atoms with Gasteiger partial charge < -0.3 is 10.5 Å². The molecule has 0 aliphatic rings. The summed E-state index contributed by atoms with van der Waals surface area (Å²) in [5.41, 5.74) is 9.22. The van der Waals surface area contributed by atoms with Crippen molar-refractivity contribution in [2.75, 3.05) is 5.73 Å². The second-order valence-corrected chi connectivity index (χ2v) is 4.80. The largest absolute Gasteiger partial charge is 0.459 e. The van der Waals surface area contributed by atoms with Gasteiger partial charge in [0.2, 0.25) is 0 Å². The Labute approximate surface area is 118 Å². The van der Waals surface area contributed by atoms with Crippen LogP contribution in [0.4, 0.5) is 5.69 Å². The number of carbonyl (C=O) groups excluding carboxylic acids is 1. The lowest BCUT2D eigenvalue weighted by Gasteiger charge is -2.05. The molecule has 1 aromatic carbocycles. The number of nitrogens with zero attached hydrogens (tertiary/aromatic N) is 2. The third kappa shape index (κ3) is 3.85. The minimum Gasteiger partial charge on any atom is -0.459 e. The number of ether oxygens (including phenoxy) is 1. The molecule has 0 fully saturated rings. The lowest BCUT2D eigenvalue weighted by atomic mass is 10.1. The van der Waals surface area contributed by atoms with Gasteiger partial charge in [0, 0.05) is 19.2 Å². The van der Waals surface area contributed by atoms with E-state index in [4.69, 9.17) is 10.5 Å². The van der Waals surface area contributed by atoms with Crippen LogP contribution in [0.1, 0.15) is 23.4 Å². The lowest BCUT2D eigenvalue weighted by molar-refractivity contribution is -0.145. The first-order valence-electron chi connectivity index (χ1n) is 6.54. The molecule has 20 heavy (non-hydrogen) atoms. The van der Waals surface area contributed by atoms with Gasteiger partial charge in [0.05, 0.1) is 11.4 Å². The van der Waals surface area contributed by atoms with Crippen LogP contribution in [0, 0.1) is 6.92 Å². The van der Waals surface area contributed by atoms with Crippen LogP contribution < -0.4 is 5.73 Å². The standard InChI is InChI=1S/C15H19N3O2/c1-11-9-14(18(2)17-11)10-20-15(19)8-5-12-3-6-13(16)7-4-12/h3-4,6-7,9H,5,8,10,16H2,1-2H3. The average Bonchev–Trinajstić information content (AvgIpc) is 2.74. The molecule has 5 heteroatoms. The predicted molar refractivity (Wildman–Crippen MR) is 76.9 cm³/mol. The molecule has 2 rings (SSSR count). The summed E-state index contributed by atoms with van der Waals surface area (Å²) < 4.78 is 6.97. The summed E-state index contributed by atoms with van der Waals surface area (Å²) in [7, 11) is 1.84.